The van der Waals surface area contributed by atoms with E-state index >= 15 is 0 Å². The molecule has 9 heteroatoms. The van der Waals surface area contributed by atoms with E-state index in [9.17, 15) is 14.9 Å². The molecule has 3 unspecified atom stereocenters. The second-order valence-electron chi connectivity index (χ2n) is 5.89. The van der Waals surface area contributed by atoms with Crippen molar-refractivity contribution < 1.29 is 29.4 Å². The molecule has 0 aromatic carbocycles. The lowest BCUT2D eigenvalue weighted by molar-refractivity contribution is -0.139. The molecule has 3 atom stereocenters. The molecule has 1 saturated heterocycles. The van der Waals surface area contributed by atoms with Gasteiger partial charge in [-0.05, 0) is 30.7 Å². The number of rotatable bonds is 6. The predicted molar refractivity (Wildman–Crippen MR) is 90.7 cm³/mol. The summed E-state index contributed by atoms with van der Waals surface area (Å²) < 4.78 is 11.0. The highest BCUT2D eigenvalue weighted by molar-refractivity contribution is 7.09. The Labute approximate surface area is 145 Å². The van der Waals surface area contributed by atoms with Crippen molar-refractivity contribution in [2.75, 3.05) is 13.2 Å². The summed E-state index contributed by atoms with van der Waals surface area (Å²) in [5, 5.41) is 34.3. The summed E-state index contributed by atoms with van der Waals surface area (Å²) in [6.45, 7) is 0.716. The van der Waals surface area contributed by atoms with Gasteiger partial charge in [0.2, 0.25) is 0 Å². The van der Waals surface area contributed by atoms with Crippen LogP contribution in [0.5, 0.6) is 0 Å². The zero-order valence-electron chi connectivity index (χ0n) is 13.5. The molecule has 0 radical (unpaired) electrons. The highest BCUT2D eigenvalue weighted by atomic mass is 32.1. The van der Waals surface area contributed by atoms with Gasteiger partial charge in [-0.1, -0.05) is 6.07 Å². The van der Waals surface area contributed by atoms with Crippen LogP contribution in [0.4, 0.5) is 0 Å². The van der Waals surface area contributed by atoms with E-state index in [-0.39, 0.29) is 13.0 Å². The van der Waals surface area contributed by atoms with E-state index in [0.29, 0.717) is 19.4 Å². The number of carboxylic acid groups (broad SMARTS) is 1. The standard InChI is InChI=1S/C15H24BNO6S/c18-14(9-12-5-3-7-24-12)17-13-10-22-6-2-1-4-11(8-15(19)20)23-16(13)21/h3,5,7,11,13-14,17-18,21H,1-2,4,6,8-10H2,(H,19,20). The van der Waals surface area contributed by atoms with E-state index < -0.39 is 31.4 Å². The monoisotopic (exact) mass is 357 g/mol. The van der Waals surface area contributed by atoms with E-state index in [1.165, 1.54) is 0 Å². The normalized spacial score (nSPS) is 24.5. The average Bonchev–Trinajstić information content (AvgIpc) is 3.01. The summed E-state index contributed by atoms with van der Waals surface area (Å²) in [5.41, 5.74) is 0. The lowest BCUT2D eigenvalue weighted by atomic mass is 9.78. The van der Waals surface area contributed by atoms with E-state index in [1.54, 1.807) is 11.3 Å². The van der Waals surface area contributed by atoms with Crippen LogP contribution in [0.2, 0.25) is 0 Å². The van der Waals surface area contributed by atoms with Crippen molar-refractivity contribution in [3.05, 3.63) is 22.4 Å². The molecule has 0 spiro atoms. The van der Waals surface area contributed by atoms with Gasteiger partial charge < -0.3 is 24.6 Å². The Morgan fingerprint density at radius 2 is 2.33 bits per heavy atom. The summed E-state index contributed by atoms with van der Waals surface area (Å²) in [7, 11) is -1.24. The first-order valence-corrected chi connectivity index (χ1v) is 9.02. The van der Waals surface area contributed by atoms with Crippen LogP contribution < -0.4 is 5.32 Å². The first-order chi connectivity index (χ1) is 11.5. The molecule has 1 aromatic rings. The molecule has 2 heterocycles. The molecule has 1 aliphatic heterocycles. The van der Waals surface area contributed by atoms with E-state index in [0.717, 1.165) is 17.7 Å². The highest BCUT2D eigenvalue weighted by Crippen LogP contribution is 2.15. The van der Waals surface area contributed by atoms with Gasteiger partial charge >= 0.3 is 13.1 Å². The van der Waals surface area contributed by atoms with Crippen molar-refractivity contribution in [2.24, 2.45) is 0 Å². The number of hydrogen-bond donors (Lipinski definition) is 4. The number of aliphatic carboxylic acids is 1. The van der Waals surface area contributed by atoms with Gasteiger partial charge in [-0.2, -0.15) is 0 Å². The number of aliphatic hydroxyl groups is 1. The highest BCUT2D eigenvalue weighted by Gasteiger charge is 2.32. The van der Waals surface area contributed by atoms with Gasteiger partial charge in [0.1, 0.15) is 6.23 Å². The van der Waals surface area contributed by atoms with Gasteiger partial charge in [0.05, 0.1) is 25.1 Å². The number of hydrogen-bond acceptors (Lipinski definition) is 7. The zero-order valence-corrected chi connectivity index (χ0v) is 14.3. The van der Waals surface area contributed by atoms with Crippen LogP contribution in [0, 0.1) is 0 Å². The third-order valence-electron chi connectivity index (χ3n) is 3.82. The SMILES string of the molecule is O=C(O)CC1CCCCOCC(NC(O)Cc2cccs2)B(O)O1. The Kier molecular flexibility index (Phi) is 8.17. The summed E-state index contributed by atoms with van der Waals surface area (Å²) >= 11 is 1.54. The third-order valence-corrected chi connectivity index (χ3v) is 4.72. The molecule has 0 amide bonds. The minimum absolute atomic E-state index is 0.150. The number of nitrogens with one attached hydrogen (secondary N) is 1. The maximum Gasteiger partial charge on any atom is 0.475 e. The summed E-state index contributed by atoms with van der Waals surface area (Å²) in [6, 6.07) is 3.84. The molecule has 0 saturated carbocycles. The van der Waals surface area contributed by atoms with Crippen molar-refractivity contribution in [1.29, 1.82) is 0 Å². The molecule has 24 heavy (non-hydrogen) atoms. The Morgan fingerprint density at radius 1 is 1.50 bits per heavy atom. The van der Waals surface area contributed by atoms with Crippen molar-refractivity contribution in [3.8, 4) is 0 Å². The van der Waals surface area contributed by atoms with Crippen LogP contribution in [-0.4, -0.2) is 59.8 Å². The zero-order chi connectivity index (χ0) is 17.4. The molecule has 1 aromatic heterocycles. The molecule has 2 rings (SSSR count). The second kappa shape index (κ2) is 10.1. The second-order valence-corrected chi connectivity index (χ2v) is 6.92. The van der Waals surface area contributed by atoms with Gasteiger partial charge in [0.25, 0.3) is 0 Å². The molecular weight excluding hydrogens is 333 g/mol. The van der Waals surface area contributed by atoms with Crippen LogP contribution in [0.25, 0.3) is 0 Å². The van der Waals surface area contributed by atoms with Crippen LogP contribution in [0.3, 0.4) is 0 Å². The molecule has 134 valence electrons. The third kappa shape index (κ3) is 6.88. The lowest BCUT2D eigenvalue weighted by Crippen LogP contribution is -2.54. The fraction of sp³-hybridized carbons (Fsp3) is 0.667. The topological polar surface area (TPSA) is 108 Å². The van der Waals surface area contributed by atoms with Crippen molar-refractivity contribution >= 4 is 24.4 Å². The lowest BCUT2D eigenvalue weighted by Gasteiger charge is -2.28. The van der Waals surface area contributed by atoms with Crippen LogP contribution in [-0.2, 0) is 20.6 Å². The Bertz CT molecular complexity index is 488. The average molecular weight is 357 g/mol. The number of ether oxygens (including phenoxy) is 1. The maximum absolute atomic E-state index is 10.9. The quantitative estimate of drug-likeness (QED) is 0.437. The fourth-order valence-corrected chi connectivity index (χ4v) is 3.37. The van der Waals surface area contributed by atoms with E-state index in [4.69, 9.17) is 14.5 Å². The molecule has 1 fully saturated rings. The van der Waals surface area contributed by atoms with E-state index in [1.807, 2.05) is 17.5 Å². The Morgan fingerprint density at radius 3 is 3.04 bits per heavy atom. The maximum atomic E-state index is 10.9. The summed E-state index contributed by atoms with van der Waals surface area (Å²) in [6.07, 6.45) is 1.01. The first-order valence-electron chi connectivity index (χ1n) is 8.14. The van der Waals surface area contributed by atoms with Crippen LogP contribution in [0.1, 0.15) is 30.6 Å². The molecule has 0 aliphatic carbocycles. The largest absolute Gasteiger partial charge is 0.481 e. The van der Waals surface area contributed by atoms with Gasteiger partial charge in [0.15, 0.2) is 0 Å². The van der Waals surface area contributed by atoms with Gasteiger partial charge in [0, 0.05) is 17.9 Å². The molecular formula is C15H24BNO6S. The number of thiophene rings is 1. The molecule has 1 aliphatic rings. The van der Waals surface area contributed by atoms with Crippen LogP contribution >= 0.6 is 11.3 Å². The van der Waals surface area contributed by atoms with Gasteiger partial charge in [-0.15, -0.1) is 11.3 Å². The predicted octanol–water partition coefficient (Wildman–Crippen LogP) is 0.647. The minimum Gasteiger partial charge on any atom is -0.481 e. The van der Waals surface area contributed by atoms with Crippen molar-refractivity contribution in [2.45, 2.75) is 50.4 Å². The Balaban J connectivity index is 1.92. The smallest absolute Gasteiger partial charge is 0.475 e. The molecule has 7 nitrogen and oxygen atoms in total. The minimum atomic E-state index is -1.24. The first kappa shape index (κ1) is 19.4. The number of aliphatic hydroxyl groups excluding tert-OH is 1. The van der Waals surface area contributed by atoms with Gasteiger partial charge in [-0.3, -0.25) is 10.1 Å². The van der Waals surface area contributed by atoms with Crippen molar-refractivity contribution in [1.82, 2.24) is 5.32 Å². The van der Waals surface area contributed by atoms with Gasteiger partial charge in [-0.25, -0.2) is 0 Å². The fourth-order valence-electron chi connectivity index (χ4n) is 2.63. The van der Waals surface area contributed by atoms with Crippen molar-refractivity contribution in [3.63, 3.8) is 0 Å². The van der Waals surface area contributed by atoms with Crippen LogP contribution in [0.15, 0.2) is 17.5 Å². The van der Waals surface area contributed by atoms with E-state index in [2.05, 4.69) is 5.32 Å². The number of carboxylic acids is 1. The molecule has 0 bridgehead atoms. The Hall–Kier alpha value is -0.965. The molecule has 4 N–H and O–H groups in total. The number of carbonyl (C=O) groups is 1. The summed E-state index contributed by atoms with van der Waals surface area (Å²) in [5.74, 6) is -1.59. The summed E-state index contributed by atoms with van der Waals surface area (Å²) in [4.78, 5) is 11.9.